The van der Waals surface area contributed by atoms with Gasteiger partial charge in [0, 0.05) is 6.54 Å². The molecule has 0 saturated carbocycles. The lowest BCUT2D eigenvalue weighted by molar-refractivity contribution is 0.0959. The van der Waals surface area contributed by atoms with Crippen LogP contribution in [0.3, 0.4) is 0 Å². The third kappa shape index (κ3) is 4.48. The largest absolute Gasteiger partial charge is 0.495 e. The Hall–Kier alpha value is -2.06. The van der Waals surface area contributed by atoms with E-state index in [2.05, 4.69) is 5.32 Å². The van der Waals surface area contributed by atoms with Gasteiger partial charge in [-0.1, -0.05) is 12.1 Å². The lowest BCUT2D eigenvalue weighted by Crippen LogP contribution is -2.38. The molecule has 1 heterocycles. The van der Waals surface area contributed by atoms with Gasteiger partial charge in [0.05, 0.1) is 30.5 Å². The first-order chi connectivity index (χ1) is 11.3. The summed E-state index contributed by atoms with van der Waals surface area (Å²) in [6.07, 6.45) is 1.13. The van der Waals surface area contributed by atoms with Crippen LogP contribution in [0.15, 0.2) is 35.7 Å². The molecule has 1 amide bonds. The molecule has 0 aliphatic heterocycles. The van der Waals surface area contributed by atoms with E-state index in [1.807, 2.05) is 18.4 Å². The number of methoxy groups -OCH3 is 1. The minimum absolute atomic E-state index is 0.121. The Balaban J connectivity index is 2.16. The smallest absolute Gasteiger partial charge is 0.261 e. The molecule has 2 aromatic rings. The number of nitrogens with one attached hydrogen (secondary N) is 1. The summed E-state index contributed by atoms with van der Waals surface area (Å²) in [5, 5.41) is 4.55. The van der Waals surface area contributed by atoms with E-state index in [1.54, 1.807) is 24.3 Å². The van der Waals surface area contributed by atoms with Gasteiger partial charge < -0.3 is 10.1 Å². The number of sulfonamides is 1. The molecule has 0 aliphatic rings. The molecule has 130 valence electrons. The topological polar surface area (TPSA) is 75.7 Å². The standard InChI is InChI=1S/C16H20N2O4S2/c1-12-6-7-14(22-2)13(11-12)18(24(3,20)21)9-8-17-16(19)15-5-4-10-23-15/h4-7,10-11H,8-9H2,1-3H3,(H,17,19). The molecular formula is C16H20N2O4S2. The fraction of sp³-hybridized carbons (Fsp3) is 0.312. The van der Waals surface area contributed by atoms with E-state index in [9.17, 15) is 13.2 Å². The average Bonchev–Trinajstić information content (AvgIpc) is 3.04. The Kier molecular flexibility index (Phi) is 5.84. The lowest BCUT2D eigenvalue weighted by Gasteiger charge is -2.24. The van der Waals surface area contributed by atoms with Crippen LogP contribution >= 0.6 is 11.3 Å². The molecule has 8 heteroatoms. The van der Waals surface area contributed by atoms with Crippen molar-refractivity contribution >= 4 is 33.0 Å². The molecule has 0 saturated heterocycles. The van der Waals surface area contributed by atoms with Gasteiger partial charge in [-0.3, -0.25) is 9.10 Å². The first-order valence-electron chi connectivity index (χ1n) is 7.27. The monoisotopic (exact) mass is 368 g/mol. The predicted octanol–water partition coefficient (Wildman–Crippen LogP) is 2.26. The summed E-state index contributed by atoms with van der Waals surface area (Å²) in [6, 6.07) is 8.84. The van der Waals surface area contributed by atoms with Crippen molar-refractivity contribution in [1.82, 2.24) is 5.32 Å². The van der Waals surface area contributed by atoms with Gasteiger partial charge in [0.15, 0.2) is 0 Å². The van der Waals surface area contributed by atoms with Crippen molar-refractivity contribution < 1.29 is 17.9 Å². The Morgan fingerprint density at radius 1 is 1.33 bits per heavy atom. The van der Waals surface area contributed by atoms with Crippen molar-refractivity contribution in [2.75, 3.05) is 30.8 Å². The molecule has 0 bridgehead atoms. The molecule has 0 aliphatic carbocycles. The third-order valence-corrected chi connectivity index (χ3v) is 5.40. The second-order valence-corrected chi connectivity index (χ2v) is 8.10. The first-order valence-corrected chi connectivity index (χ1v) is 10.00. The van der Waals surface area contributed by atoms with E-state index in [0.717, 1.165) is 11.8 Å². The molecule has 1 aromatic carbocycles. The molecule has 0 radical (unpaired) electrons. The zero-order valence-electron chi connectivity index (χ0n) is 13.8. The van der Waals surface area contributed by atoms with E-state index in [0.29, 0.717) is 16.3 Å². The Morgan fingerprint density at radius 3 is 2.67 bits per heavy atom. The number of nitrogens with zero attached hydrogens (tertiary/aromatic N) is 1. The van der Waals surface area contributed by atoms with Crippen LogP contribution in [0.25, 0.3) is 0 Å². The fourth-order valence-electron chi connectivity index (χ4n) is 2.23. The van der Waals surface area contributed by atoms with Crippen molar-refractivity contribution in [2.24, 2.45) is 0 Å². The number of rotatable bonds is 7. The SMILES string of the molecule is COc1ccc(C)cc1N(CCNC(=O)c1cccs1)S(C)(=O)=O. The van der Waals surface area contributed by atoms with Gasteiger partial charge in [-0.2, -0.15) is 0 Å². The average molecular weight is 368 g/mol. The highest BCUT2D eigenvalue weighted by Gasteiger charge is 2.21. The van der Waals surface area contributed by atoms with Gasteiger partial charge in [-0.15, -0.1) is 11.3 Å². The highest BCUT2D eigenvalue weighted by molar-refractivity contribution is 7.92. The molecular weight excluding hydrogens is 348 g/mol. The van der Waals surface area contributed by atoms with Gasteiger partial charge in [0.1, 0.15) is 5.75 Å². The molecule has 0 unspecified atom stereocenters. The van der Waals surface area contributed by atoms with Gasteiger partial charge in [0.2, 0.25) is 10.0 Å². The Labute approximate surface area is 146 Å². The molecule has 2 rings (SSSR count). The molecule has 1 N–H and O–H groups in total. The van der Waals surface area contributed by atoms with Gasteiger partial charge in [-0.05, 0) is 36.1 Å². The van der Waals surface area contributed by atoms with E-state index in [-0.39, 0.29) is 19.0 Å². The van der Waals surface area contributed by atoms with Crippen LogP contribution < -0.4 is 14.4 Å². The number of benzene rings is 1. The molecule has 0 spiro atoms. The number of amides is 1. The number of hydrogen-bond acceptors (Lipinski definition) is 5. The van der Waals surface area contributed by atoms with Crippen molar-refractivity contribution in [3.8, 4) is 5.75 Å². The van der Waals surface area contributed by atoms with Gasteiger partial charge in [0.25, 0.3) is 5.91 Å². The number of anilines is 1. The van der Waals surface area contributed by atoms with Crippen molar-refractivity contribution in [3.63, 3.8) is 0 Å². The van der Waals surface area contributed by atoms with E-state index in [4.69, 9.17) is 4.74 Å². The first kappa shape index (κ1) is 18.3. The summed E-state index contributed by atoms with van der Waals surface area (Å²) in [6.45, 7) is 2.19. The normalized spacial score (nSPS) is 11.1. The number of thiophene rings is 1. The van der Waals surface area contributed by atoms with Crippen LogP contribution in [-0.4, -0.2) is 40.8 Å². The van der Waals surface area contributed by atoms with E-state index >= 15 is 0 Å². The quantitative estimate of drug-likeness (QED) is 0.813. The van der Waals surface area contributed by atoms with Gasteiger partial charge in [-0.25, -0.2) is 8.42 Å². The van der Waals surface area contributed by atoms with Crippen LogP contribution in [0.5, 0.6) is 5.75 Å². The maximum absolute atomic E-state index is 12.2. The molecule has 0 fully saturated rings. The molecule has 24 heavy (non-hydrogen) atoms. The summed E-state index contributed by atoms with van der Waals surface area (Å²) in [4.78, 5) is 12.5. The van der Waals surface area contributed by atoms with Crippen LogP contribution in [0.1, 0.15) is 15.2 Å². The maximum Gasteiger partial charge on any atom is 0.261 e. The van der Waals surface area contributed by atoms with Crippen LogP contribution in [0.2, 0.25) is 0 Å². The van der Waals surface area contributed by atoms with E-state index < -0.39 is 10.0 Å². The number of hydrogen-bond donors (Lipinski definition) is 1. The number of carbonyl (C=O) groups excluding carboxylic acids is 1. The van der Waals surface area contributed by atoms with Crippen LogP contribution in [0, 0.1) is 6.92 Å². The van der Waals surface area contributed by atoms with Gasteiger partial charge >= 0.3 is 0 Å². The minimum Gasteiger partial charge on any atom is -0.495 e. The van der Waals surface area contributed by atoms with Crippen LogP contribution in [-0.2, 0) is 10.0 Å². The fourth-order valence-corrected chi connectivity index (χ4v) is 3.79. The van der Waals surface area contributed by atoms with Crippen molar-refractivity contribution in [1.29, 1.82) is 0 Å². The summed E-state index contributed by atoms with van der Waals surface area (Å²) in [5.74, 6) is 0.255. The van der Waals surface area contributed by atoms with Crippen LogP contribution in [0.4, 0.5) is 5.69 Å². The zero-order chi connectivity index (χ0) is 17.7. The second-order valence-electron chi connectivity index (χ2n) is 5.24. The second kappa shape index (κ2) is 7.67. The van der Waals surface area contributed by atoms with E-state index in [1.165, 1.54) is 22.8 Å². The number of carbonyl (C=O) groups is 1. The highest BCUT2D eigenvalue weighted by Crippen LogP contribution is 2.30. The number of ether oxygens (including phenoxy) is 1. The number of aryl methyl sites for hydroxylation is 1. The predicted molar refractivity (Wildman–Crippen MR) is 96.6 cm³/mol. The summed E-state index contributed by atoms with van der Waals surface area (Å²) in [7, 11) is -2.02. The lowest BCUT2D eigenvalue weighted by atomic mass is 10.2. The summed E-state index contributed by atoms with van der Waals surface area (Å²) in [5.41, 5.74) is 1.38. The third-order valence-electron chi connectivity index (χ3n) is 3.35. The molecule has 0 atom stereocenters. The highest BCUT2D eigenvalue weighted by atomic mass is 32.2. The molecule has 6 nitrogen and oxygen atoms in total. The minimum atomic E-state index is -3.51. The Bertz CT molecular complexity index is 801. The van der Waals surface area contributed by atoms with Crippen molar-refractivity contribution in [2.45, 2.75) is 6.92 Å². The summed E-state index contributed by atoms with van der Waals surface area (Å²) >= 11 is 1.34. The molecule has 1 aromatic heterocycles. The van der Waals surface area contributed by atoms with Crippen molar-refractivity contribution in [3.05, 3.63) is 46.2 Å². The Morgan fingerprint density at radius 2 is 2.08 bits per heavy atom. The summed E-state index contributed by atoms with van der Waals surface area (Å²) < 4.78 is 30.9. The maximum atomic E-state index is 12.2. The zero-order valence-corrected chi connectivity index (χ0v) is 15.4.